The van der Waals surface area contributed by atoms with Gasteiger partial charge in [0.15, 0.2) is 0 Å². The first kappa shape index (κ1) is 18.5. The molecule has 2 aromatic rings. The maximum absolute atomic E-state index is 12.0. The van der Waals surface area contributed by atoms with Gasteiger partial charge in [-0.1, -0.05) is 61.0 Å². The number of aliphatic carboxylic acids is 1. The fourth-order valence-electron chi connectivity index (χ4n) is 2.52. The molecular formula is C20H24N2O3. The highest BCUT2D eigenvalue weighted by atomic mass is 16.4. The molecule has 0 aliphatic rings. The number of aryl methyl sites for hydroxylation is 1. The second-order valence-electron chi connectivity index (χ2n) is 6.34. The van der Waals surface area contributed by atoms with Gasteiger partial charge < -0.3 is 15.3 Å². The molecule has 1 atom stereocenters. The molecule has 0 bridgehead atoms. The normalized spacial score (nSPS) is 11.6. The lowest BCUT2D eigenvalue weighted by molar-refractivity contribution is -0.141. The van der Waals surface area contributed by atoms with E-state index in [4.69, 9.17) is 5.11 Å². The van der Waals surface area contributed by atoms with Gasteiger partial charge in [-0.2, -0.15) is 0 Å². The Bertz CT molecular complexity index is 741. The van der Waals surface area contributed by atoms with Crippen molar-refractivity contribution in [2.24, 2.45) is 5.92 Å². The molecule has 132 valence electrons. The smallest absolute Gasteiger partial charge is 0.317 e. The molecule has 0 radical (unpaired) electrons. The van der Waals surface area contributed by atoms with E-state index in [2.05, 4.69) is 30.4 Å². The number of nitrogens with one attached hydrogen (secondary N) is 1. The molecule has 0 aliphatic carbocycles. The van der Waals surface area contributed by atoms with E-state index in [1.54, 1.807) is 14.0 Å². The molecule has 25 heavy (non-hydrogen) atoms. The van der Waals surface area contributed by atoms with E-state index in [0.29, 0.717) is 6.54 Å². The highest BCUT2D eigenvalue weighted by Gasteiger charge is 2.16. The Labute approximate surface area is 148 Å². The van der Waals surface area contributed by atoms with E-state index in [0.717, 1.165) is 16.7 Å². The van der Waals surface area contributed by atoms with Gasteiger partial charge in [-0.3, -0.25) is 4.79 Å². The topological polar surface area (TPSA) is 69.6 Å². The number of urea groups is 1. The maximum Gasteiger partial charge on any atom is 0.317 e. The van der Waals surface area contributed by atoms with E-state index in [1.807, 2.05) is 30.3 Å². The van der Waals surface area contributed by atoms with Crippen molar-refractivity contribution >= 4 is 12.0 Å². The molecule has 5 nitrogen and oxygen atoms in total. The number of carboxylic acid groups (broad SMARTS) is 1. The Morgan fingerprint density at radius 3 is 2.40 bits per heavy atom. The van der Waals surface area contributed by atoms with Gasteiger partial charge in [0.05, 0.1) is 5.92 Å². The zero-order valence-electron chi connectivity index (χ0n) is 14.8. The molecule has 0 saturated carbocycles. The monoisotopic (exact) mass is 340 g/mol. The molecule has 2 N–H and O–H groups in total. The number of hydrogen-bond donors (Lipinski definition) is 2. The van der Waals surface area contributed by atoms with Crippen LogP contribution in [0.4, 0.5) is 4.79 Å². The average molecular weight is 340 g/mol. The Morgan fingerprint density at radius 1 is 1.12 bits per heavy atom. The van der Waals surface area contributed by atoms with E-state index >= 15 is 0 Å². The van der Waals surface area contributed by atoms with Crippen molar-refractivity contribution < 1.29 is 14.7 Å². The minimum absolute atomic E-state index is 0.174. The number of carbonyl (C=O) groups excluding carboxylic acids is 1. The van der Waals surface area contributed by atoms with Gasteiger partial charge in [0, 0.05) is 20.1 Å². The summed E-state index contributed by atoms with van der Waals surface area (Å²) in [6.07, 6.45) is 0. The minimum atomic E-state index is -0.911. The van der Waals surface area contributed by atoms with Crippen LogP contribution in [0.1, 0.15) is 18.1 Å². The van der Waals surface area contributed by atoms with Crippen LogP contribution in [-0.2, 0) is 11.3 Å². The van der Waals surface area contributed by atoms with Crippen LogP contribution in [-0.4, -0.2) is 35.6 Å². The van der Waals surface area contributed by atoms with Gasteiger partial charge in [-0.05, 0) is 23.6 Å². The van der Waals surface area contributed by atoms with Gasteiger partial charge in [0.25, 0.3) is 0 Å². The fraction of sp³-hybridized carbons (Fsp3) is 0.300. The summed E-state index contributed by atoms with van der Waals surface area (Å²) < 4.78 is 0. The summed E-state index contributed by atoms with van der Waals surface area (Å²) in [6, 6.07) is 16.1. The predicted molar refractivity (Wildman–Crippen MR) is 98.3 cm³/mol. The quantitative estimate of drug-likeness (QED) is 0.845. The van der Waals surface area contributed by atoms with E-state index in [1.165, 1.54) is 10.5 Å². The standard InChI is InChI=1S/C20H24N2O3/c1-14-5-4-6-18(11-14)17-9-7-16(8-10-17)12-21-20(25)22(3)13-15(2)19(23)24/h4-11,15H,12-13H2,1-3H3,(H,21,25)(H,23,24). The minimum Gasteiger partial charge on any atom is -0.481 e. The molecule has 2 rings (SSSR count). The lowest BCUT2D eigenvalue weighted by atomic mass is 10.0. The van der Waals surface area contributed by atoms with Gasteiger partial charge in [-0.15, -0.1) is 0 Å². The summed E-state index contributed by atoms with van der Waals surface area (Å²) in [6.45, 7) is 4.22. The lowest BCUT2D eigenvalue weighted by Gasteiger charge is -2.20. The first-order chi connectivity index (χ1) is 11.9. The van der Waals surface area contributed by atoms with Gasteiger partial charge in [-0.25, -0.2) is 4.79 Å². The van der Waals surface area contributed by atoms with Crippen molar-refractivity contribution in [3.8, 4) is 11.1 Å². The second kappa shape index (κ2) is 8.33. The molecule has 0 fully saturated rings. The van der Waals surface area contributed by atoms with Crippen molar-refractivity contribution in [1.29, 1.82) is 0 Å². The third kappa shape index (κ3) is 5.35. The first-order valence-electron chi connectivity index (χ1n) is 8.24. The first-order valence-corrected chi connectivity index (χ1v) is 8.24. The molecule has 0 saturated heterocycles. The third-order valence-electron chi connectivity index (χ3n) is 4.07. The summed E-state index contributed by atoms with van der Waals surface area (Å²) in [5.74, 6) is -1.50. The van der Waals surface area contributed by atoms with Crippen molar-refractivity contribution in [1.82, 2.24) is 10.2 Å². The Morgan fingerprint density at radius 2 is 1.80 bits per heavy atom. The number of nitrogens with zero attached hydrogens (tertiary/aromatic N) is 1. The van der Waals surface area contributed by atoms with Crippen LogP contribution in [0.25, 0.3) is 11.1 Å². The Kier molecular flexibility index (Phi) is 6.17. The van der Waals surface area contributed by atoms with Crippen LogP contribution in [0.15, 0.2) is 48.5 Å². The van der Waals surface area contributed by atoms with Crippen molar-refractivity contribution in [2.45, 2.75) is 20.4 Å². The zero-order valence-corrected chi connectivity index (χ0v) is 14.8. The summed E-state index contributed by atoms with van der Waals surface area (Å²) in [5.41, 5.74) is 4.50. The van der Waals surface area contributed by atoms with E-state index < -0.39 is 11.9 Å². The summed E-state index contributed by atoms with van der Waals surface area (Å²) in [4.78, 5) is 24.3. The molecule has 5 heteroatoms. The van der Waals surface area contributed by atoms with Crippen molar-refractivity contribution in [3.63, 3.8) is 0 Å². The highest BCUT2D eigenvalue weighted by molar-refractivity contribution is 5.75. The van der Waals surface area contributed by atoms with Gasteiger partial charge in [0.2, 0.25) is 0 Å². The summed E-state index contributed by atoms with van der Waals surface area (Å²) >= 11 is 0. The van der Waals surface area contributed by atoms with E-state index in [-0.39, 0.29) is 12.6 Å². The van der Waals surface area contributed by atoms with Crippen LogP contribution >= 0.6 is 0 Å². The molecule has 0 aromatic heterocycles. The van der Waals surface area contributed by atoms with Crippen LogP contribution in [0, 0.1) is 12.8 Å². The summed E-state index contributed by atoms with van der Waals surface area (Å²) in [7, 11) is 1.59. The highest BCUT2D eigenvalue weighted by Crippen LogP contribution is 2.20. The Balaban J connectivity index is 1.91. The maximum atomic E-state index is 12.0. The lowest BCUT2D eigenvalue weighted by Crippen LogP contribution is -2.40. The molecular weight excluding hydrogens is 316 g/mol. The SMILES string of the molecule is Cc1cccc(-c2ccc(CNC(=O)N(C)CC(C)C(=O)O)cc2)c1. The van der Waals surface area contributed by atoms with Crippen LogP contribution in [0.3, 0.4) is 0 Å². The number of amides is 2. The van der Waals surface area contributed by atoms with Gasteiger partial charge in [0.1, 0.15) is 0 Å². The van der Waals surface area contributed by atoms with Crippen LogP contribution in [0.2, 0.25) is 0 Å². The van der Waals surface area contributed by atoms with Crippen molar-refractivity contribution in [2.75, 3.05) is 13.6 Å². The number of carbonyl (C=O) groups is 2. The molecule has 0 spiro atoms. The molecule has 0 heterocycles. The number of carboxylic acids is 1. The Hall–Kier alpha value is -2.82. The van der Waals surface area contributed by atoms with Crippen LogP contribution < -0.4 is 5.32 Å². The third-order valence-corrected chi connectivity index (χ3v) is 4.07. The summed E-state index contributed by atoms with van der Waals surface area (Å²) in [5, 5.41) is 11.7. The number of rotatable bonds is 6. The molecule has 0 aliphatic heterocycles. The molecule has 2 amide bonds. The average Bonchev–Trinajstić information content (AvgIpc) is 2.59. The largest absolute Gasteiger partial charge is 0.481 e. The molecule has 2 aromatic carbocycles. The predicted octanol–water partition coefficient (Wildman–Crippen LogP) is 3.52. The van der Waals surface area contributed by atoms with Crippen LogP contribution in [0.5, 0.6) is 0 Å². The van der Waals surface area contributed by atoms with Gasteiger partial charge >= 0.3 is 12.0 Å². The number of benzene rings is 2. The second-order valence-corrected chi connectivity index (χ2v) is 6.34. The number of hydrogen-bond acceptors (Lipinski definition) is 2. The zero-order chi connectivity index (χ0) is 18.4. The van der Waals surface area contributed by atoms with Crippen molar-refractivity contribution in [3.05, 3.63) is 59.7 Å². The molecule has 1 unspecified atom stereocenters. The fourth-order valence-corrected chi connectivity index (χ4v) is 2.52. The van der Waals surface area contributed by atoms with E-state index in [9.17, 15) is 9.59 Å².